The summed E-state index contributed by atoms with van der Waals surface area (Å²) in [5.41, 5.74) is 3.48. The van der Waals surface area contributed by atoms with E-state index in [1.54, 1.807) is 0 Å². The zero-order valence-corrected chi connectivity index (χ0v) is 28.2. The predicted molar refractivity (Wildman–Crippen MR) is 185 cm³/mol. The van der Waals surface area contributed by atoms with Crippen molar-refractivity contribution >= 4 is 0 Å². The van der Waals surface area contributed by atoms with Crippen LogP contribution in [0.2, 0.25) is 0 Å². The minimum absolute atomic E-state index is 0.136. The lowest BCUT2D eigenvalue weighted by Crippen LogP contribution is -2.65. The van der Waals surface area contributed by atoms with Gasteiger partial charge in [0.25, 0.3) is 0 Å². The van der Waals surface area contributed by atoms with E-state index >= 15 is 0 Å². The first-order valence-electron chi connectivity index (χ1n) is 17.2. The zero-order valence-electron chi connectivity index (χ0n) is 28.2. The van der Waals surface area contributed by atoms with E-state index in [4.69, 9.17) is 33.2 Å². The van der Waals surface area contributed by atoms with Gasteiger partial charge in [-0.2, -0.15) is 0 Å². The van der Waals surface area contributed by atoms with E-state index in [0.29, 0.717) is 0 Å². The second-order valence-corrected chi connectivity index (χ2v) is 12.6. The number of rotatable bonds is 16. The molecule has 0 spiro atoms. The minimum atomic E-state index is -1.27. The number of aliphatic hydroxyl groups is 4. The molecule has 0 radical (unpaired) electrons. The molecule has 4 aromatic carbocycles. The van der Waals surface area contributed by atoms with Crippen LogP contribution >= 0.6 is 0 Å². The lowest BCUT2D eigenvalue weighted by atomic mass is 9.97. The molecule has 0 bridgehead atoms. The predicted octanol–water partition coefficient (Wildman–Crippen LogP) is 3.50. The normalized spacial score (nSPS) is 29.5. The zero-order chi connectivity index (χ0) is 35.4. The highest BCUT2D eigenvalue weighted by molar-refractivity contribution is 5.16. The van der Waals surface area contributed by atoms with Crippen LogP contribution in [0.3, 0.4) is 0 Å². The molecule has 0 saturated carbocycles. The van der Waals surface area contributed by atoms with Gasteiger partial charge in [0, 0.05) is 0 Å². The molecule has 6 rings (SSSR count). The molecule has 51 heavy (non-hydrogen) atoms. The average Bonchev–Trinajstić information content (AvgIpc) is 3.18. The summed E-state index contributed by atoms with van der Waals surface area (Å²) in [5.74, 6) is 0. The second-order valence-electron chi connectivity index (χ2n) is 12.6. The number of aliphatic hydroxyl groups excluding tert-OH is 4. The topological polar surface area (TPSA) is 146 Å². The molecule has 0 aromatic heterocycles. The van der Waals surface area contributed by atoms with Crippen molar-refractivity contribution in [1.82, 2.24) is 0 Å². The Morgan fingerprint density at radius 2 is 0.686 bits per heavy atom. The second kappa shape index (κ2) is 18.8. The maximum Gasteiger partial charge on any atom is 0.190 e. The van der Waals surface area contributed by atoms with Crippen molar-refractivity contribution in [3.05, 3.63) is 144 Å². The van der Waals surface area contributed by atoms with Crippen molar-refractivity contribution in [2.24, 2.45) is 0 Å². The molecule has 0 aliphatic carbocycles. The van der Waals surface area contributed by atoms with Gasteiger partial charge < -0.3 is 53.6 Å². The Labute approximate surface area is 297 Å². The van der Waals surface area contributed by atoms with Crippen molar-refractivity contribution in [1.29, 1.82) is 0 Å². The van der Waals surface area contributed by atoms with Crippen LogP contribution in [-0.2, 0) is 59.6 Å². The average molecular weight is 703 g/mol. The van der Waals surface area contributed by atoms with Crippen molar-refractivity contribution in [2.45, 2.75) is 87.8 Å². The summed E-state index contributed by atoms with van der Waals surface area (Å²) in [6.45, 7) is -0.492. The molecule has 4 N–H and O–H groups in total. The van der Waals surface area contributed by atoms with E-state index in [2.05, 4.69) is 0 Å². The van der Waals surface area contributed by atoms with Gasteiger partial charge in [-0.25, -0.2) is 0 Å². The first kappa shape index (κ1) is 37.2. The fourth-order valence-corrected chi connectivity index (χ4v) is 6.24. The van der Waals surface area contributed by atoms with Gasteiger partial charge in [-0.05, 0) is 22.3 Å². The third-order valence-electron chi connectivity index (χ3n) is 9.01. The Kier molecular flexibility index (Phi) is 13.7. The summed E-state index contributed by atoms with van der Waals surface area (Å²) in [6.07, 6.45) is -11.3. The Balaban J connectivity index is 1.30. The van der Waals surface area contributed by atoms with Gasteiger partial charge in [-0.15, -0.1) is 0 Å². The minimum Gasteiger partial charge on any atom is -0.394 e. The van der Waals surface area contributed by atoms with Crippen LogP contribution in [-0.4, -0.2) is 95.1 Å². The van der Waals surface area contributed by atoms with Gasteiger partial charge in [0.05, 0.1) is 39.6 Å². The molecule has 10 atom stereocenters. The van der Waals surface area contributed by atoms with Gasteiger partial charge in [0.15, 0.2) is 12.6 Å². The third kappa shape index (κ3) is 9.86. The summed E-state index contributed by atoms with van der Waals surface area (Å²) in [6, 6.07) is 38.0. The quantitative estimate of drug-likeness (QED) is 0.136. The molecule has 2 fully saturated rings. The van der Waals surface area contributed by atoms with Crippen LogP contribution in [0.4, 0.5) is 0 Å². The van der Waals surface area contributed by atoms with E-state index in [1.807, 2.05) is 121 Å². The molecule has 2 heterocycles. The maximum absolute atomic E-state index is 11.4. The van der Waals surface area contributed by atoms with E-state index < -0.39 is 74.6 Å². The molecule has 2 saturated heterocycles. The van der Waals surface area contributed by atoms with Crippen LogP contribution in [0, 0.1) is 0 Å². The van der Waals surface area contributed by atoms with Crippen LogP contribution in [0.25, 0.3) is 0 Å². The number of hydrogen-bond donors (Lipinski definition) is 4. The van der Waals surface area contributed by atoms with Crippen LogP contribution < -0.4 is 0 Å². The monoisotopic (exact) mass is 702 g/mol. The van der Waals surface area contributed by atoms with E-state index in [-0.39, 0.29) is 26.4 Å². The lowest BCUT2D eigenvalue weighted by Gasteiger charge is -2.48. The maximum atomic E-state index is 11.4. The van der Waals surface area contributed by atoms with Crippen molar-refractivity contribution in [3.63, 3.8) is 0 Å². The molecule has 2 aliphatic rings. The van der Waals surface area contributed by atoms with Crippen LogP contribution in [0.15, 0.2) is 121 Å². The van der Waals surface area contributed by atoms with Gasteiger partial charge in [-0.1, -0.05) is 121 Å². The number of ether oxygens (including phenoxy) is 7. The summed E-state index contributed by atoms with van der Waals surface area (Å²) in [4.78, 5) is 0. The first-order chi connectivity index (χ1) is 25.0. The molecule has 272 valence electrons. The first-order valence-corrected chi connectivity index (χ1v) is 17.2. The standard InChI is InChI=1S/C40H46O11/c41-21-31-33(43)35(45-23-27-13-5-1-6-14-27)37(47-25-29-17-9-3-10-18-29)39(49-31)51-40-38(48-26-30-19-11-4-12-20-30)36(34(44)32(22-42)50-40)46-24-28-15-7-2-8-16-28/h1-20,31-44H,21-26H2/t31-,32-,33-,34+,35-,36+,37-,38+,39+,40+/m0/s1. The third-order valence-corrected chi connectivity index (χ3v) is 9.01. The molecule has 4 aromatic rings. The SMILES string of the molecule is OC[C@@H]1O[C@H](O[C@H]2O[C@@H](CO)[C@@H](O)[C@@H](OCc3ccccc3)[C@H]2OCc2ccccc2)[C@@H](OCc2ccccc2)[C@@H](OCc2ccccc2)[C@H]1O. The Morgan fingerprint density at radius 3 is 0.961 bits per heavy atom. The van der Waals surface area contributed by atoms with Crippen molar-refractivity contribution in [2.75, 3.05) is 13.2 Å². The molecular formula is C40H46O11. The largest absolute Gasteiger partial charge is 0.394 e. The summed E-state index contributed by atoms with van der Waals surface area (Å²) >= 11 is 0. The number of benzene rings is 4. The molecule has 2 aliphatic heterocycles. The van der Waals surface area contributed by atoms with Crippen LogP contribution in [0.1, 0.15) is 22.3 Å². The van der Waals surface area contributed by atoms with E-state index in [1.165, 1.54) is 0 Å². The van der Waals surface area contributed by atoms with Gasteiger partial charge >= 0.3 is 0 Å². The molecule has 11 heteroatoms. The molecule has 0 amide bonds. The molecular weight excluding hydrogens is 656 g/mol. The van der Waals surface area contributed by atoms with E-state index in [0.717, 1.165) is 22.3 Å². The fraction of sp³-hybridized carbons (Fsp3) is 0.400. The van der Waals surface area contributed by atoms with Crippen molar-refractivity contribution < 1.29 is 53.6 Å². The Hall–Kier alpha value is -3.56. The molecule has 0 unspecified atom stereocenters. The van der Waals surface area contributed by atoms with E-state index in [9.17, 15) is 20.4 Å². The molecule has 11 nitrogen and oxygen atoms in total. The van der Waals surface area contributed by atoms with Gasteiger partial charge in [0.2, 0.25) is 0 Å². The van der Waals surface area contributed by atoms with Crippen molar-refractivity contribution in [3.8, 4) is 0 Å². The fourth-order valence-electron chi connectivity index (χ4n) is 6.24. The Morgan fingerprint density at radius 1 is 0.412 bits per heavy atom. The summed E-state index contributed by atoms with van der Waals surface area (Å²) in [7, 11) is 0. The highest BCUT2D eigenvalue weighted by Gasteiger charge is 2.52. The van der Waals surface area contributed by atoms with Gasteiger partial charge in [-0.3, -0.25) is 0 Å². The lowest BCUT2D eigenvalue weighted by molar-refractivity contribution is -0.389. The van der Waals surface area contributed by atoms with Crippen LogP contribution in [0.5, 0.6) is 0 Å². The van der Waals surface area contributed by atoms with Gasteiger partial charge in [0.1, 0.15) is 48.8 Å². The highest BCUT2D eigenvalue weighted by atomic mass is 16.8. The Bertz CT molecular complexity index is 1430. The number of hydrogen-bond acceptors (Lipinski definition) is 11. The smallest absolute Gasteiger partial charge is 0.190 e. The summed E-state index contributed by atoms with van der Waals surface area (Å²) < 4.78 is 44.4. The highest BCUT2D eigenvalue weighted by Crippen LogP contribution is 2.34. The summed E-state index contributed by atoms with van der Waals surface area (Å²) in [5, 5.41) is 43.4.